The molecule has 0 saturated heterocycles. The summed E-state index contributed by atoms with van der Waals surface area (Å²) in [5.41, 5.74) is 5.24. The maximum absolute atomic E-state index is 11.6. The molecular formula is C18H21N7O2S. The highest BCUT2D eigenvalue weighted by atomic mass is 32.1. The van der Waals surface area contributed by atoms with E-state index in [0.717, 1.165) is 16.9 Å². The van der Waals surface area contributed by atoms with Gasteiger partial charge in [0.15, 0.2) is 4.80 Å². The number of hydrogen-bond donors (Lipinski definition) is 3. The molecule has 0 fully saturated rings. The molecular weight excluding hydrogens is 378 g/mol. The van der Waals surface area contributed by atoms with E-state index in [9.17, 15) is 4.79 Å². The maximum atomic E-state index is 11.6. The molecule has 146 valence electrons. The molecule has 3 rings (SSSR count). The van der Waals surface area contributed by atoms with E-state index in [4.69, 9.17) is 10.1 Å². The molecule has 0 aliphatic rings. The summed E-state index contributed by atoms with van der Waals surface area (Å²) in [4.78, 5) is 14.6. The summed E-state index contributed by atoms with van der Waals surface area (Å²) in [6.45, 7) is 6.45. The van der Waals surface area contributed by atoms with Gasteiger partial charge in [0, 0.05) is 17.1 Å². The third-order valence-corrected chi connectivity index (χ3v) is 4.71. The van der Waals surface area contributed by atoms with Gasteiger partial charge in [0.2, 0.25) is 5.95 Å². The molecule has 0 spiro atoms. The number of nitrogens with one attached hydrogen (secondary N) is 3. The molecule has 0 aliphatic carbocycles. The van der Waals surface area contributed by atoms with E-state index < -0.39 is 0 Å². The minimum atomic E-state index is -0.312. The highest BCUT2D eigenvalue weighted by Crippen LogP contribution is 2.22. The summed E-state index contributed by atoms with van der Waals surface area (Å²) in [6.07, 6.45) is 1.88. The van der Waals surface area contributed by atoms with Gasteiger partial charge in [-0.05, 0) is 44.5 Å². The van der Waals surface area contributed by atoms with Crippen LogP contribution >= 0.6 is 11.3 Å². The number of H-pyrrole nitrogens is 1. The first-order valence-corrected chi connectivity index (χ1v) is 9.54. The van der Waals surface area contributed by atoms with E-state index in [0.29, 0.717) is 29.4 Å². The second kappa shape index (κ2) is 8.61. The normalized spacial score (nSPS) is 11.5. The highest BCUT2D eigenvalue weighted by molar-refractivity contribution is 7.06. The molecule has 0 saturated carbocycles. The van der Waals surface area contributed by atoms with Gasteiger partial charge < -0.3 is 9.30 Å². The molecule has 9 nitrogen and oxygen atoms in total. The van der Waals surface area contributed by atoms with Gasteiger partial charge in [0.05, 0.1) is 18.9 Å². The Bertz CT molecular complexity index is 1110. The minimum Gasteiger partial charge on any atom is -0.494 e. The molecule has 28 heavy (non-hydrogen) atoms. The number of aromatic amines is 1. The largest absolute Gasteiger partial charge is 0.494 e. The lowest BCUT2D eigenvalue weighted by molar-refractivity contribution is 0.335. The Kier molecular flexibility index (Phi) is 5.99. The van der Waals surface area contributed by atoms with Crippen LogP contribution in [0, 0.1) is 12.3 Å². The summed E-state index contributed by atoms with van der Waals surface area (Å²) >= 11 is 1.37. The quantitative estimate of drug-likeness (QED) is 0.415. The predicted octanol–water partition coefficient (Wildman–Crippen LogP) is 2.10. The van der Waals surface area contributed by atoms with Crippen LogP contribution in [0.25, 0.3) is 0 Å². The van der Waals surface area contributed by atoms with Crippen molar-refractivity contribution in [3.8, 4) is 5.75 Å². The molecule has 0 radical (unpaired) electrons. The van der Waals surface area contributed by atoms with Crippen LogP contribution in [-0.2, 0) is 6.54 Å². The zero-order valence-corrected chi connectivity index (χ0v) is 16.6. The van der Waals surface area contributed by atoms with Crippen LogP contribution in [0.5, 0.6) is 5.75 Å². The van der Waals surface area contributed by atoms with Crippen molar-refractivity contribution in [1.29, 1.82) is 5.41 Å². The Balaban J connectivity index is 1.86. The van der Waals surface area contributed by atoms with Crippen LogP contribution in [-0.4, -0.2) is 32.1 Å². The fraction of sp³-hybridized carbons (Fsp3) is 0.278. The number of hydrazone groups is 1. The number of hydrogen-bond acceptors (Lipinski definition) is 8. The predicted molar refractivity (Wildman–Crippen MR) is 108 cm³/mol. The van der Waals surface area contributed by atoms with Gasteiger partial charge in [0.1, 0.15) is 11.4 Å². The van der Waals surface area contributed by atoms with Gasteiger partial charge in [-0.2, -0.15) is 5.10 Å². The number of benzene rings is 1. The fourth-order valence-electron chi connectivity index (χ4n) is 2.48. The monoisotopic (exact) mass is 399 g/mol. The van der Waals surface area contributed by atoms with Gasteiger partial charge in [-0.3, -0.25) is 15.2 Å². The summed E-state index contributed by atoms with van der Waals surface area (Å²) in [5, 5.41) is 21.7. The van der Waals surface area contributed by atoms with Gasteiger partial charge in [-0.25, -0.2) is 5.43 Å². The Morgan fingerprint density at radius 2 is 2.25 bits per heavy atom. The van der Waals surface area contributed by atoms with Gasteiger partial charge in [-0.15, -0.1) is 21.5 Å². The first-order valence-electron chi connectivity index (χ1n) is 8.66. The number of aryl methyl sites for hydroxylation is 1. The second-order valence-electron chi connectivity index (χ2n) is 5.99. The molecule has 0 unspecified atom stereocenters. The smallest absolute Gasteiger partial charge is 0.274 e. The van der Waals surface area contributed by atoms with E-state index in [-0.39, 0.29) is 11.5 Å². The number of aromatic nitrogens is 4. The van der Waals surface area contributed by atoms with Crippen molar-refractivity contribution < 1.29 is 4.74 Å². The molecule has 3 N–H and O–H groups in total. The van der Waals surface area contributed by atoms with E-state index in [1.54, 1.807) is 6.92 Å². The lowest BCUT2D eigenvalue weighted by Gasteiger charge is -2.13. The van der Waals surface area contributed by atoms with Crippen molar-refractivity contribution in [3.63, 3.8) is 0 Å². The number of anilines is 1. The second-order valence-corrected chi connectivity index (χ2v) is 6.88. The SMILES string of the molecule is CCOc1ccc(/C(C)=N\Nc2nnc(C)c(=O)[nH]2)cc1Cn1ccsc1=N. The maximum Gasteiger partial charge on any atom is 0.274 e. The van der Waals surface area contributed by atoms with Crippen molar-refractivity contribution in [3.05, 3.63) is 61.8 Å². The van der Waals surface area contributed by atoms with Crippen molar-refractivity contribution in [1.82, 2.24) is 19.7 Å². The number of rotatable bonds is 7. The zero-order chi connectivity index (χ0) is 20.1. The molecule has 10 heteroatoms. The van der Waals surface area contributed by atoms with Crippen LogP contribution in [0.15, 0.2) is 39.7 Å². The minimum absolute atomic E-state index is 0.175. The summed E-state index contributed by atoms with van der Waals surface area (Å²) in [7, 11) is 0. The molecule has 1 aromatic carbocycles. The average Bonchev–Trinajstić information content (AvgIpc) is 3.08. The van der Waals surface area contributed by atoms with Gasteiger partial charge in [0.25, 0.3) is 5.56 Å². The molecule has 0 amide bonds. The number of thiazole rings is 1. The summed E-state index contributed by atoms with van der Waals surface area (Å²) in [6, 6.07) is 5.80. The molecule has 3 aromatic rings. The lowest BCUT2D eigenvalue weighted by atomic mass is 10.1. The van der Waals surface area contributed by atoms with Crippen LogP contribution in [0.3, 0.4) is 0 Å². The third-order valence-electron chi connectivity index (χ3n) is 3.99. The Hall–Kier alpha value is -3.27. The standard InChI is InChI=1S/C18H21N7O2S/c1-4-27-15-6-5-13(9-14(15)10-25-7-8-28-17(25)19)11(2)21-23-18-20-16(26)12(3)22-24-18/h5-9,19H,4,10H2,1-3H3,(H2,20,23,24,26)/b19-17?,21-11-. The van der Waals surface area contributed by atoms with Crippen molar-refractivity contribution in [2.45, 2.75) is 27.3 Å². The number of nitrogens with zero attached hydrogens (tertiary/aromatic N) is 4. The van der Waals surface area contributed by atoms with E-state index in [1.165, 1.54) is 11.3 Å². The Labute approximate surface area is 165 Å². The van der Waals surface area contributed by atoms with E-state index in [2.05, 4.69) is 25.7 Å². The van der Waals surface area contributed by atoms with Crippen LogP contribution in [0.2, 0.25) is 0 Å². The Morgan fingerprint density at radius 3 is 2.93 bits per heavy atom. The Morgan fingerprint density at radius 1 is 1.43 bits per heavy atom. The number of ether oxygens (including phenoxy) is 1. The fourth-order valence-corrected chi connectivity index (χ4v) is 3.08. The molecule has 0 atom stereocenters. The van der Waals surface area contributed by atoms with Gasteiger partial charge >= 0.3 is 0 Å². The van der Waals surface area contributed by atoms with Crippen molar-refractivity contribution in [2.24, 2.45) is 5.10 Å². The summed E-state index contributed by atoms with van der Waals surface area (Å²) in [5.74, 6) is 0.952. The topological polar surface area (TPSA) is 121 Å². The van der Waals surface area contributed by atoms with Crippen LogP contribution in [0.1, 0.15) is 30.7 Å². The van der Waals surface area contributed by atoms with Crippen LogP contribution < -0.4 is 20.5 Å². The van der Waals surface area contributed by atoms with Gasteiger partial charge in [-0.1, -0.05) is 0 Å². The molecule has 2 aromatic heterocycles. The lowest BCUT2D eigenvalue weighted by Crippen LogP contribution is -2.16. The third kappa shape index (κ3) is 4.52. The first kappa shape index (κ1) is 19.5. The summed E-state index contributed by atoms with van der Waals surface area (Å²) < 4.78 is 7.58. The van der Waals surface area contributed by atoms with E-state index in [1.807, 2.05) is 48.2 Å². The van der Waals surface area contributed by atoms with E-state index >= 15 is 0 Å². The molecule has 0 aliphatic heterocycles. The molecule has 2 heterocycles. The van der Waals surface area contributed by atoms with Crippen molar-refractivity contribution in [2.75, 3.05) is 12.0 Å². The van der Waals surface area contributed by atoms with Crippen molar-refractivity contribution >= 4 is 23.0 Å². The highest BCUT2D eigenvalue weighted by Gasteiger charge is 2.09. The zero-order valence-electron chi connectivity index (χ0n) is 15.8. The first-order chi connectivity index (χ1) is 13.5. The molecule has 0 bridgehead atoms. The van der Waals surface area contributed by atoms with Crippen LogP contribution in [0.4, 0.5) is 5.95 Å². The average molecular weight is 399 g/mol.